The number of aromatic carboxylic acids is 1. The van der Waals surface area contributed by atoms with Crippen molar-refractivity contribution in [2.45, 2.75) is 44.0 Å². The van der Waals surface area contributed by atoms with Gasteiger partial charge in [-0.3, -0.25) is 0 Å². The van der Waals surface area contributed by atoms with Crippen molar-refractivity contribution in [3.05, 3.63) is 29.3 Å². The fourth-order valence-corrected chi connectivity index (χ4v) is 4.87. The summed E-state index contributed by atoms with van der Waals surface area (Å²) in [6.07, 6.45) is 1.63. The highest BCUT2D eigenvalue weighted by atomic mass is 32.2. The van der Waals surface area contributed by atoms with Crippen molar-refractivity contribution in [2.24, 2.45) is 0 Å². The van der Waals surface area contributed by atoms with Crippen LogP contribution in [0.2, 0.25) is 0 Å². The zero-order chi connectivity index (χ0) is 15.1. The summed E-state index contributed by atoms with van der Waals surface area (Å²) < 4.78 is 27.0. The minimum Gasteiger partial charge on any atom is -0.478 e. The Morgan fingerprint density at radius 2 is 2.00 bits per heavy atom. The number of carboxylic acid groups (broad SMARTS) is 1. The van der Waals surface area contributed by atoms with Crippen LogP contribution in [0.5, 0.6) is 0 Å². The molecule has 0 spiro atoms. The molecule has 1 fully saturated rings. The minimum absolute atomic E-state index is 0.0306. The van der Waals surface area contributed by atoms with E-state index in [0.29, 0.717) is 12.1 Å². The Labute approximate surface area is 119 Å². The second-order valence-corrected chi connectivity index (χ2v) is 7.56. The van der Waals surface area contributed by atoms with Crippen molar-refractivity contribution in [3.8, 4) is 0 Å². The molecule has 1 N–H and O–H groups in total. The SMILES string of the molecule is Cc1c(C(=O)O)cccc1S(=O)(=O)N1CCCC1(C)C. The lowest BCUT2D eigenvalue weighted by atomic mass is 10.0. The van der Waals surface area contributed by atoms with Crippen LogP contribution >= 0.6 is 0 Å². The summed E-state index contributed by atoms with van der Waals surface area (Å²) in [5.74, 6) is -1.11. The molecule has 1 heterocycles. The van der Waals surface area contributed by atoms with Gasteiger partial charge >= 0.3 is 5.97 Å². The zero-order valence-corrected chi connectivity index (χ0v) is 12.7. The normalized spacial score (nSPS) is 19.1. The molecule has 0 radical (unpaired) electrons. The van der Waals surface area contributed by atoms with Crippen LogP contribution in [0.25, 0.3) is 0 Å². The standard InChI is InChI=1S/C14H19NO4S/c1-10-11(13(16)17)6-4-7-12(10)20(18,19)15-9-5-8-14(15,2)3/h4,6-7H,5,8-9H2,1-3H3,(H,16,17). The van der Waals surface area contributed by atoms with Crippen molar-refractivity contribution in [1.29, 1.82) is 0 Å². The maximum atomic E-state index is 12.8. The van der Waals surface area contributed by atoms with E-state index in [9.17, 15) is 13.2 Å². The average Bonchev–Trinajstić information content (AvgIpc) is 2.69. The Kier molecular flexibility index (Phi) is 3.64. The molecule has 0 amide bonds. The Morgan fingerprint density at radius 1 is 1.35 bits per heavy atom. The van der Waals surface area contributed by atoms with Gasteiger partial charge in [0.2, 0.25) is 10.0 Å². The highest BCUT2D eigenvalue weighted by molar-refractivity contribution is 7.89. The van der Waals surface area contributed by atoms with Gasteiger partial charge in [0.15, 0.2) is 0 Å². The van der Waals surface area contributed by atoms with Crippen LogP contribution in [-0.2, 0) is 10.0 Å². The number of hydrogen-bond donors (Lipinski definition) is 1. The molecule has 1 aliphatic rings. The lowest BCUT2D eigenvalue weighted by Gasteiger charge is -2.31. The Bertz CT molecular complexity index is 649. The van der Waals surface area contributed by atoms with Crippen LogP contribution in [0.4, 0.5) is 0 Å². The molecule has 0 aliphatic carbocycles. The first-order chi connectivity index (χ1) is 9.18. The summed E-state index contributed by atoms with van der Waals surface area (Å²) in [5.41, 5.74) is -0.101. The van der Waals surface area contributed by atoms with E-state index < -0.39 is 21.5 Å². The van der Waals surface area contributed by atoms with Crippen LogP contribution < -0.4 is 0 Å². The van der Waals surface area contributed by atoms with Gasteiger partial charge in [-0.25, -0.2) is 13.2 Å². The van der Waals surface area contributed by atoms with Crippen LogP contribution in [-0.4, -0.2) is 35.9 Å². The molecule has 1 saturated heterocycles. The quantitative estimate of drug-likeness (QED) is 0.928. The van der Waals surface area contributed by atoms with Crippen LogP contribution in [0.15, 0.2) is 23.1 Å². The fraction of sp³-hybridized carbons (Fsp3) is 0.500. The van der Waals surface area contributed by atoms with Crippen molar-refractivity contribution in [1.82, 2.24) is 4.31 Å². The fourth-order valence-electron chi connectivity index (χ4n) is 2.77. The molecular formula is C14H19NO4S. The maximum Gasteiger partial charge on any atom is 0.335 e. The van der Waals surface area contributed by atoms with E-state index in [2.05, 4.69) is 0 Å². The van der Waals surface area contributed by atoms with Crippen molar-refractivity contribution in [3.63, 3.8) is 0 Å². The monoisotopic (exact) mass is 297 g/mol. The molecule has 110 valence electrons. The van der Waals surface area contributed by atoms with Gasteiger partial charge < -0.3 is 5.11 Å². The highest BCUT2D eigenvalue weighted by Crippen LogP contribution is 2.35. The number of benzene rings is 1. The summed E-state index contributed by atoms with van der Waals surface area (Å²) in [4.78, 5) is 11.2. The summed E-state index contributed by atoms with van der Waals surface area (Å²) in [7, 11) is -3.66. The molecule has 0 aromatic heterocycles. The topological polar surface area (TPSA) is 74.7 Å². The highest BCUT2D eigenvalue weighted by Gasteiger charge is 2.41. The molecule has 1 aromatic rings. The largest absolute Gasteiger partial charge is 0.478 e. The Balaban J connectivity index is 2.56. The predicted molar refractivity (Wildman–Crippen MR) is 75.3 cm³/mol. The maximum absolute atomic E-state index is 12.8. The van der Waals surface area contributed by atoms with E-state index in [1.807, 2.05) is 13.8 Å². The number of carbonyl (C=O) groups is 1. The first-order valence-corrected chi connectivity index (χ1v) is 7.98. The number of rotatable bonds is 3. The third-order valence-electron chi connectivity index (χ3n) is 3.91. The van der Waals surface area contributed by atoms with E-state index in [0.717, 1.165) is 12.8 Å². The molecule has 0 bridgehead atoms. The minimum atomic E-state index is -3.66. The molecule has 2 rings (SSSR count). The summed E-state index contributed by atoms with van der Waals surface area (Å²) in [6, 6.07) is 4.38. The van der Waals surface area contributed by atoms with Gasteiger partial charge in [-0.05, 0) is 51.3 Å². The number of nitrogens with zero attached hydrogens (tertiary/aromatic N) is 1. The summed E-state index contributed by atoms with van der Waals surface area (Å²) >= 11 is 0. The summed E-state index contributed by atoms with van der Waals surface area (Å²) in [5, 5.41) is 9.12. The van der Waals surface area contributed by atoms with E-state index >= 15 is 0 Å². The lowest BCUT2D eigenvalue weighted by Crippen LogP contribution is -2.42. The van der Waals surface area contributed by atoms with Gasteiger partial charge in [0.1, 0.15) is 0 Å². The van der Waals surface area contributed by atoms with Gasteiger partial charge in [0, 0.05) is 12.1 Å². The number of carboxylic acids is 1. The zero-order valence-electron chi connectivity index (χ0n) is 11.9. The third-order valence-corrected chi connectivity index (χ3v) is 6.16. The summed E-state index contributed by atoms with van der Waals surface area (Å²) in [6.45, 7) is 5.81. The first kappa shape index (κ1) is 15.0. The molecule has 6 heteroatoms. The van der Waals surface area contributed by atoms with Gasteiger partial charge in [0.25, 0.3) is 0 Å². The predicted octanol–water partition coefficient (Wildman–Crippen LogP) is 2.26. The van der Waals surface area contributed by atoms with Crippen LogP contribution in [0, 0.1) is 6.92 Å². The van der Waals surface area contributed by atoms with Crippen molar-refractivity contribution < 1.29 is 18.3 Å². The van der Waals surface area contributed by atoms with Crippen LogP contribution in [0.1, 0.15) is 42.6 Å². The molecule has 0 saturated carbocycles. The molecule has 1 aliphatic heterocycles. The number of hydrogen-bond acceptors (Lipinski definition) is 3. The van der Waals surface area contributed by atoms with E-state index in [1.54, 1.807) is 6.92 Å². The lowest BCUT2D eigenvalue weighted by molar-refractivity contribution is 0.0696. The van der Waals surface area contributed by atoms with Crippen LogP contribution in [0.3, 0.4) is 0 Å². The Hall–Kier alpha value is -1.40. The van der Waals surface area contributed by atoms with E-state index in [4.69, 9.17) is 5.11 Å². The molecule has 1 aromatic carbocycles. The molecule has 0 unspecified atom stereocenters. The smallest absolute Gasteiger partial charge is 0.335 e. The Morgan fingerprint density at radius 3 is 2.50 bits per heavy atom. The van der Waals surface area contributed by atoms with E-state index in [-0.39, 0.29) is 10.5 Å². The number of sulfonamides is 1. The molecule has 5 nitrogen and oxygen atoms in total. The second-order valence-electron chi connectivity index (χ2n) is 5.73. The van der Waals surface area contributed by atoms with Gasteiger partial charge in [-0.2, -0.15) is 4.31 Å². The van der Waals surface area contributed by atoms with Crippen molar-refractivity contribution >= 4 is 16.0 Å². The molecule has 0 atom stereocenters. The molecule has 20 heavy (non-hydrogen) atoms. The van der Waals surface area contributed by atoms with Gasteiger partial charge in [-0.1, -0.05) is 6.07 Å². The third kappa shape index (κ3) is 2.33. The van der Waals surface area contributed by atoms with Gasteiger partial charge in [0.05, 0.1) is 10.5 Å². The first-order valence-electron chi connectivity index (χ1n) is 6.54. The average molecular weight is 297 g/mol. The van der Waals surface area contributed by atoms with Gasteiger partial charge in [-0.15, -0.1) is 0 Å². The van der Waals surface area contributed by atoms with E-state index in [1.165, 1.54) is 22.5 Å². The van der Waals surface area contributed by atoms with Crippen molar-refractivity contribution in [2.75, 3.05) is 6.54 Å². The second kappa shape index (κ2) is 4.86. The molecular weight excluding hydrogens is 278 g/mol.